The van der Waals surface area contributed by atoms with Crippen LogP contribution >= 0.6 is 23.1 Å². The Morgan fingerprint density at radius 3 is 2.74 bits per heavy atom. The predicted molar refractivity (Wildman–Crippen MR) is 98.5 cm³/mol. The highest BCUT2D eigenvalue weighted by molar-refractivity contribution is 7.98. The van der Waals surface area contributed by atoms with Gasteiger partial charge in [0.2, 0.25) is 0 Å². The van der Waals surface area contributed by atoms with Gasteiger partial charge in [0.1, 0.15) is 4.70 Å². The molecule has 3 nitrogen and oxygen atoms in total. The summed E-state index contributed by atoms with van der Waals surface area (Å²) in [5.41, 5.74) is 3.22. The molecule has 0 aliphatic rings. The number of hydrogen-bond acceptors (Lipinski definition) is 4. The lowest BCUT2D eigenvalue weighted by molar-refractivity contribution is 0.979. The fraction of sp³-hybridized carbons (Fsp3) is 0.111. The molecule has 2 aromatic heterocycles. The lowest BCUT2D eigenvalue weighted by atomic mass is 10.2. The number of aromatic amines is 1. The van der Waals surface area contributed by atoms with Gasteiger partial charge in [0, 0.05) is 15.8 Å². The van der Waals surface area contributed by atoms with Crippen molar-refractivity contribution in [3.8, 4) is 0 Å². The third-order valence-electron chi connectivity index (χ3n) is 3.71. The first-order chi connectivity index (χ1) is 11.2. The first-order valence-electron chi connectivity index (χ1n) is 7.30. The highest BCUT2D eigenvalue weighted by atomic mass is 32.2. The molecule has 0 radical (unpaired) electrons. The van der Waals surface area contributed by atoms with Crippen LogP contribution in [-0.2, 0) is 5.75 Å². The van der Waals surface area contributed by atoms with Gasteiger partial charge in [-0.3, -0.25) is 4.79 Å². The van der Waals surface area contributed by atoms with Crippen molar-refractivity contribution in [3.63, 3.8) is 0 Å². The third-order valence-corrected chi connectivity index (χ3v) is 5.81. The zero-order chi connectivity index (χ0) is 15.8. The van der Waals surface area contributed by atoms with Crippen molar-refractivity contribution < 1.29 is 0 Å². The average molecular weight is 338 g/mol. The fourth-order valence-electron chi connectivity index (χ4n) is 2.48. The molecule has 0 saturated heterocycles. The van der Waals surface area contributed by atoms with Crippen molar-refractivity contribution in [2.75, 3.05) is 0 Å². The van der Waals surface area contributed by atoms with E-state index in [0.717, 1.165) is 21.4 Å². The smallest absolute Gasteiger partial charge is 0.269 e. The van der Waals surface area contributed by atoms with Crippen LogP contribution in [-0.4, -0.2) is 9.97 Å². The van der Waals surface area contributed by atoms with Gasteiger partial charge >= 0.3 is 0 Å². The minimum Gasteiger partial charge on any atom is -0.300 e. The molecule has 4 aromatic rings. The molecule has 0 unspecified atom stereocenters. The van der Waals surface area contributed by atoms with E-state index in [1.54, 1.807) is 11.8 Å². The second-order valence-corrected chi connectivity index (χ2v) is 7.44. The van der Waals surface area contributed by atoms with E-state index in [1.807, 2.05) is 24.3 Å². The number of rotatable bonds is 3. The number of H-pyrrole nitrogens is 1. The molecule has 1 N–H and O–H groups in total. The number of aromatic nitrogens is 2. The van der Waals surface area contributed by atoms with E-state index in [4.69, 9.17) is 0 Å². The largest absolute Gasteiger partial charge is 0.300 e. The Morgan fingerprint density at radius 1 is 1.13 bits per heavy atom. The Balaban J connectivity index is 1.71. The quantitative estimate of drug-likeness (QED) is 0.433. The molecule has 0 fully saturated rings. The van der Waals surface area contributed by atoms with Crippen molar-refractivity contribution in [2.24, 2.45) is 0 Å². The number of fused-ring (bicyclic) bond motifs is 3. The van der Waals surface area contributed by atoms with Gasteiger partial charge in [-0.15, -0.1) is 11.3 Å². The van der Waals surface area contributed by atoms with Crippen LogP contribution in [0.3, 0.4) is 0 Å². The summed E-state index contributed by atoms with van der Waals surface area (Å²) in [7, 11) is 0. The normalized spacial score (nSPS) is 11.3. The number of aryl methyl sites for hydroxylation is 1. The minimum atomic E-state index is -0.0531. The molecular formula is C18H14N2OS2. The van der Waals surface area contributed by atoms with E-state index in [1.165, 1.54) is 22.5 Å². The zero-order valence-electron chi connectivity index (χ0n) is 12.5. The third kappa shape index (κ3) is 2.78. The summed E-state index contributed by atoms with van der Waals surface area (Å²) in [5, 5.41) is 1.72. The fourth-order valence-corrected chi connectivity index (χ4v) is 4.34. The van der Waals surface area contributed by atoms with Crippen LogP contribution in [0, 0.1) is 6.92 Å². The van der Waals surface area contributed by atoms with Crippen molar-refractivity contribution in [1.29, 1.82) is 0 Å². The van der Waals surface area contributed by atoms with Gasteiger partial charge in [0.15, 0.2) is 5.16 Å². The van der Waals surface area contributed by atoms with Gasteiger partial charge in [0.25, 0.3) is 5.56 Å². The van der Waals surface area contributed by atoms with E-state index >= 15 is 0 Å². The summed E-state index contributed by atoms with van der Waals surface area (Å²) >= 11 is 3.06. The Hall–Kier alpha value is -2.11. The predicted octanol–water partition coefficient (Wildman–Crippen LogP) is 4.74. The maximum atomic E-state index is 12.3. The topological polar surface area (TPSA) is 45.8 Å². The van der Waals surface area contributed by atoms with Crippen LogP contribution < -0.4 is 5.56 Å². The van der Waals surface area contributed by atoms with Crippen LogP contribution in [0.15, 0.2) is 58.5 Å². The van der Waals surface area contributed by atoms with E-state index in [9.17, 15) is 4.79 Å². The van der Waals surface area contributed by atoms with Crippen LogP contribution in [0.4, 0.5) is 0 Å². The molecule has 0 bridgehead atoms. The Bertz CT molecular complexity index is 1050. The van der Waals surface area contributed by atoms with E-state index in [2.05, 4.69) is 41.2 Å². The molecule has 0 atom stereocenters. The highest BCUT2D eigenvalue weighted by Crippen LogP contribution is 2.31. The molecular weight excluding hydrogens is 324 g/mol. The lowest BCUT2D eigenvalue weighted by Gasteiger charge is -2.02. The summed E-state index contributed by atoms with van der Waals surface area (Å²) in [4.78, 5) is 19.9. The number of nitrogens with one attached hydrogen (secondary N) is 1. The standard InChI is InChI=1S/C18H14N2OS2/c1-11-6-8-12(9-7-11)10-22-18-19-15-13-4-2-3-5-14(13)23-16(15)17(21)20-18/h2-9H,10H2,1H3,(H,19,20,21). The van der Waals surface area contributed by atoms with Crippen molar-refractivity contribution >= 4 is 43.4 Å². The van der Waals surface area contributed by atoms with Crippen LogP contribution in [0.1, 0.15) is 11.1 Å². The van der Waals surface area contributed by atoms with Crippen molar-refractivity contribution in [3.05, 3.63) is 70.0 Å². The van der Waals surface area contributed by atoms with E-state index < -0.39 is 0 Å². The summed E-state index contributed by atoms with van der Waals surface area (Å²) in [6, 6.07) is 16.4. The van der Waals surface area contributed by atoms with Crippen molar-refractivity contribution in [2.45, 2.75) is 17.8 Å². The molecule has 5 heteroatoms. The van der Waals surface area contributed by atoms with Crippen molar-refractivity contribution in [1.82, 2.24) is 9.97 Å². The Kier molecular flexibility index (Phi) is 3.67. The average Bonchev–Trinajstić information content (AvgIpc) is 2.94. The van der Waals surface area contributed by atoms with Gasteiger partial charge in [-0.1, -0.05) is 59.8 Å². The Labute approximate surface area is 141 Å². The highest BCUT2D eigenvalue weighted by Gasteiger charge is 2.11. The number of thioether (sulfide) groups is 1. The molecule has 0 aliphatic carbocycles. The molecule has 2 heterocycles. The van der Waals surface area contributed by atoms with Gasteiger partial charge in [0.05, 0.1) is 5.52 Å². The van der Waals surface area contributed by atoms with E-state index in [-0.39, 0.29) is 5.56 Å². The Morgan fingerprint density at radius 2 is 1.91 bits per heavy atom. The maximum absolute atomic E-state index is 12.3. The first kappa shape index (κ1) is 14.5. The molecule has 23 heavy (non-hydrogen) atoms. The SMILES string of the molecule is Cc1ccc(CSc2nc3c(sc4ccccc43)c(=O)[nH]2)cc1. The molecule has 2 aromatic carbocycles. The summed E-state index contributed by atoms with van der Waals surface area (Å²) in [6.45, 7) is 2.07. The molecule has 0 amide bonds. The maximum Gasteiger partial charge on any atom is 0.269 e. The second kappa shape index (κ2) is 5.83. The summed E-state index contributed by atoms with van der Waals surface area (Å²) in [6.07, 6.45) is 0. The lowest BCUT2D eigenvalue weighted by Crippen LogP contribution is -2.07. The molecule has 0 spiro atoms. The molecule has 0 aliphatic heterocycles. The van der Waals surface area contributed by atoms with Gasteiger partial charge in [-0.05, 0) is 18.6 Å². The monoisotopic (exact) mass is 338 g/mol. The number of hydrogen-bond donors (Lipinski definition) is 1. The molecule has 114 valence electrons. The first-order valence-corrected chi connectivity index (χ1v) is 9.11. The van der Waals surface area contributed by atoms with Gasteiger partial charge in [-0.25, -0.2) is 4.98 Å². The van der Waals surface area contributed by atoms with E-state index in [0.29, 0.717) is 9.86 Å². The number of nitrogens with zero attached hydrogens (tertiary/aromatic N) is 1. The zero-order valence-corrected chi connectivity index (χ0v) is 14.1. The summed E-state index contributed by atoms with van der Waals surface area (Å²) in [5.74, 6) is 0.788. The minimum absolute atomic E-state index is 0.0531. The van der Waals surface area contributed by atoms with Crippen LogP contribution in [0.5, 0.6) is 0 Å². The second-order valence-electron chi connectivity index (χ2n) is 5.42. The van der Waals surface area contributed by atoms with Gasteiger partial charge < -0.3 is 4.98 Å². The molecule has 4 rings (SSSR count). The number of benzene rings is 2. The number of thiophene rings is 1. The van der Waals surface area contributed by atoms with Crippen LogP contribution in [0.2, 0.25) is 0 Å². The van der Waals surface area contributed by atoms with Crippen LogP contribution in [0.25, 0.3) is 20.3 Å². The van der Waals surface area contributed by atoms with Gasteiger partial charge in [-0.2, -0.15) is 0 Å². The molecule has 0 saturated carbocycles. The summed E-state index contributed by atoms with van der Waals surface area (Å²) < 4.78 is 1.80.